The molecule has 27 heavy (non-hydrogen) atoms. The van der Waals surface area contributed by atoms with Gasteiger partial charge in [0.1, 0.15) is 11.9 Å². The van der Waals surface area contributed by atoms with Crippen molar-refractivity contribution in [2.45, 2.75) is 32.2 Å². The van der Waals surface area contributed by atoms with Gasteiger partial charge in [-0.2, -0.15) is 4.98 Å². The molecular formula is C20H21N5O2. The summed E-state index contributed by atoms with van der Waals surface area (Å²) in [4.78, 5) is 23.3. The number of hydrogen-bond donors (Lipinski definition) is 1. The molecule has 1 aliphatic heterocycles. The Morgan fingerprint density at radius 1 is 1.22 bits per heavy atom. The van der Waals surface area contributed by atoms with Crippen LogP contribution < -0.4 is 10.2 Å². The van der Waals surface area contributed by atoms with E-state index in [0.29, 0.717) is 24.1 Å². The first kappa shape index (κ1) is 17.2. The third kappa shape index (κ3) is 3.53. The van der Waals surface area contributed by atoms with Crippen LogP contribution in [0.4, 0.5) is 11.5 Å². The first-order chi connectivity index (χ1) is 13.1. The van der Waals surface area contributed by atoms with Gasteiger partial charge >= 0.3 is 0 Å². The fourth-order valence-electron chi connectivity index (χ4n) is 3.09. The van der Waals surface area contributed by atoms with Crippen molar-refractivity contribution in [1.29, 1.82) is 0 Å². The Balaban J connectivity index is 1.49. The predicted molar refractivity (Wildman–Crippen MR) is 102 cm³/mol. The van der Waals surface area contributed by atoms with Crippen molar-refractivity contribution >= 4 is 17.4 Å². The fraction of sp³-hybridized carbons (Fsp3) is 0.300. The molecule has 0 radical (unpaired) electrons. The van der Waals surface area contributed by atoms with E-state index >= 15 is 0 Å². The molecule has 0 saturated carbocycles. The average Bonchev–Trinajstić information content (AvgIpc) is 3.31. The summed E-state index contributed by atoms with van der Waals surface area (Å²) < 4.78 is 5.34. The molecule has 3 heterocycles. The molecule has 1 amide bonds. The van der Waals surface area contributed by atoms with Crippen LogP contribution in [0.25, 0.3) is 11.5 Å². The van der Waals surface area contributed by atoms with E-state index in [0.717, 1.165) is 17.7 Å². The summed E-state index contributed by atoms with van der Waals surface area (Å²) in [5.74, 6) is 1.98. The molecule has 138 valence electrons. The molecule has 0 bridgehead atoms. The normalized spacial score (nSPS) is 16.9. The molecule has 3 aromatic rings. The van der Waals surface area contributed by atoms with Gasteiger partial charge in [0.15, 0.2) is 5.82 Å². The largest absolute Gasteiger partial charge is 0.358 e. The molecular weight excluding hydrogens is 342 g/mol. The summed E-state index contributed by atoms with van der Waals surface area (Å²) in [6.07, 6.45) is 2.39. The second-order valence-corrected chi connectivity index (χ2v) is 6.85. The monoisotopic (exact) mass is 363 g/mol. The number of hydrogen-bond acceptors (Lipinski definition) is 6. The number of nitrogens with zero attached hydrogens (tertiary/aromatic N) is 4. The van der Waals surface area contributed by atoms with Crippen LogP contribution in [-0.4, -0.2) is 33.6 Å². The Bertz CT molecular complexity index is 938. The van der Waals surface area contributed by atoms with Crippen LogP contribution in [0.5, 0.6) is 0 Å². The summed E-state index contributed by atoms with van der Waals surface area (Å²) in [5, 5.41) is 7.23. The van der Waals surface area contributed by atoms with Gasteiger partial charge in [0.2, 0.25) is 5.91 Å². The highest BCUT2D eigenvalue weighted by atomic mass is 16.5. The Morgan fingerprint density at radius 3 is 2.78 bits per heavy atom. The highest BCUT2D eigenvalue weighted by molar-refractivity contribution is 6.00. The molecule has 7 heteroatoms. The SMILES string of the molecule is CC(C)c1noc(-c2ccnc(NC3CCN(c4ccccc4)C3=O)c2)n1. The van der Waals surface area contributed by atoms with Gasteiger partial charge in [0.05, 0.1) is 0 Å². The number of carbonyl (C=O) groups excluding carboxylic acids is 1. The Kier molecular flexibility index (Phi) is 4.58. The van der Waals surface area contributed by atoms with E-state index in [1.54, 1.807) is 11.1 Å². The van der Waals surface area contributed by atoms with Crippen LogP contribution in [0.2, 0.25) is 0 Å². The van der Waals surface area contributed by atoms with Gasteiger partial charge < -0.3 is 14.7 Å². The molecule has 1 saturated heterocycles. The lowest BCUT2D eigenvalue weighted by Crippen LogP contribution is -2.33. The van der Waals surface area contributed by atoms with Gasteiger partial charge in [0.25, 0.3) is 5.89 Å². The number of anilines is 2. The van der Waals surface area contributed by atoms with E-state index in [1.165, 1.54) is 0 Å². The van der Waals surface area contributed by atoms with Crippen LogP contribution in [-0.2, 0) is 4.79 Å². The van der Waals surface area contributed by atoms with Crippen LogP contribution in [0.15, 0.2) is 53.2 Å². The van der Waals surface area contributed by atoms with Gasteiger partial charge in [-0.05, 0) is 30.7 Å². The number of nitrogens with one attached hydrogen (secondary N) is 1. The van der Waals surface area contributed by atoms with E-state index in [4.69, 9.17) is 4.52 Å². The summed E-state index contributed by atoms with van der Waals surface area (Å²) in [5.41, 5.74) is 1.69. The lowest BCUT2D eigenvalue weighted by atomic mass is 10.2. The van der Waals surface area contributed by atoms with Gasteiger partial charge in [-0.1, -0.05) is 37.2 Å². The fourth-order valence-corrected chi connectivity index (χ4v) is 3.09. The minimum Gasteiger partial charge on any atom is -0.358 e. The standard InChI is InChI=1S/C20H21N5O2/c1-13(2)18-23-19(27-24-18)14-8-10-21-17(12-14)22-16-9-11-25(20(16)26)15-6-4-3-5-7-15/h3-8,10,12-13,16H,9,11H2,1-2H3,(H,21,22). The third-order valence-corrected chi connectivity index (χ3v) is 4.56. The summed E-state index contributed by atoms with van der Waals surface area (Å²) in [7, 11) is 0. The van der Waals surface area contributed by atoms with Gasteiger partial charge in [-0.25, -0.2) is 4.98 Å². The van der Waals surface area contributed by atoms with Crippen molar-refractivity contribution in [2.24, 2.45) is 0 Å². The molecule has 1 atom stereocenters. The quantitative estimate of drug-likeness (QED) is 0.747. The second-order valence-electron chi connectivity index (χ2n) is 6.85. The maximum atomic E-state index is 12.7. The maximum Gasteiger partial charge on any atom is 0.258 e. The lowest BCUT2D eigenvalue weighted by molar-refractivity contribution is -0.117. The van der Waals surface area contributed by atoms with E-state index in [2.05, 4.69) is 20.4 Å². The predicted octanol–water partition coefficient (Wildman–Crippen LogP) is 3.47. The molecule has 4 rings (SSSR count). The van der Waals surface area contributed by atoms with E-state index < -0.39 is 0 Å². The highest BCUT2D eigenvalue weighted by Crippen LogP contribution is 2.25. The van der Waals surface area contributed by atoms with Crippen molar-refractivity contribution in [1.82, 2.24) is 15.1 Å². The number of aromatic nitrogens is 3. The van der Waals surface area contributed by atoms with Crippen LogP contribution in [0.1, 0.15) is 32.0 Å². The minimum absolute atomic E-state index is 0.0493. The van der Waals surface area contributed by atoms with Crippen LogP contribution in [0.3, 0.4) is 0 Å². The Labute approximate surface area is 157 Å². The number of para-hydroxylation sites is 1. The van der Waals surface area contributed by atoms with Crippen molar-refractivity contribution < 1.29 is 9.32 Å². The topological polar surface area (TPSA) is 84.2 Å². The smallest absolute Gasteiger partial charge is 0.258 e. The van der Waals surface area contributed by atoms with E-state index in [9.17, 15) is 4.79 Å². The first-order valence-corrected chi connectivity index (χ1v) is 9.05. The molecule has 0 spiro atoms. The van der Waals surface area contributed by atoms with Crippen LogP contribution >= 0.6 is 0 Å². The zero-order chi connectivity index (χ0) is 18.8. The zero-order valence-electron chi connectivity index (χ0n) is 15.3. The van der Waals surface area contributed by atoms with E-state index in [1.807, 2.05) is 56.3 Å². The van der Waals surface area contributed by atoms with Crippen molar-refractivity contribution in [3.05, 3.63) is 54.5 Å². The third-order valence-electron chi connectivity index (χ3n) is 4.56. The van der Waals surface area contributed by atoms with Crippen molar-refractivity contribution in [3.63, 3.8) is 0 Å². The number of benzene rings is 1. The number of rotatable bonds is 5. The van der Waals surface area contributed by atoms with Crippen molar-refractivity contribution in [2.75, 3.05) is 16.8 Å². The highest BCUT2D eigenvalue weighted by Gasteiger charge is 2.32. The molecule has 1 unspecified atom stereocenters. The van der Waals surface area contributed by atoms with Gasteiger partial charge in [-0.15, -0.1) is 0 Å². The summed E-state index contributed by atoms with van der Waals surface area (Å²) in [6, 6.07) is 13.0. The Morgan fingerprint density at radius 2 is 2.04 bits per heavy atom. The van der Waals surface area contributed by atoms with Crippen LogP contribution in [0, 0.1) is 0 Å². The van der Waals surface area contributed by atoms with Gasteiger partial charge in [0, 0.05) is 29.9 Å². The molecule has 7 nitrogen and oxygen atoms in total. The number of amides is 1. The first-order valence-electron chi connectivity index (χ1n) is 9.05. The van der Waals surface area contributed by atoms with Gasteiger partial charge in [-0.3, -0.25) is 4.79 Å². The maximum absolute atomic E-state index is 12.7. The second kappa shape index (κ2) is 7.19. The minimum atomic E-state index is -0.304. The van der Waals surface area contributed by atoms with E-state index in [-0.39, 0.29) is 17.9 Å². The average molecular weight is 363 g/mol. The summed E-state index contributed by atoms with van der Waals surface area (Å²) >= 11 is 0. The molecule has 0 aliphatic carbocycles. The Hall–Kier alpha value is -3.22. The molecule has 1 N–H and O–H groups in total. The molecule has 1 fully saturated rings. The number of pyridine rings is 1. The molecule has 1 aliphatic rings. The lowest BCUT2D eigenvalue weighted by Gasteiger charge is -2.17. The summed E-state index contributed by atoms with van der Waals surface area (Å²) in [6.45, 7) is 4.71. The van der Waals surface area contributed by atoms with Crippen molar-refractivity contribution in [3.8, 4) is 11.5 Å². The number of carbonyl (C=O) groups is 1. The zero-order valence-corrected chi connectivity index (χ0v) is 15.3. The molecule has 1 aromatic carbocycles. The molecule has 2 aromatic heterocycles.